The monoisotopic (exact) mass is 390 g/mol. The van der Waals surface area contributed by atoms with Crippen LogP contribution in [0.2, 0.25) is 5.02 Å². The second-order valence-electron chi connectivity index (χ2n) is 3.94. The summed E-state index contributed by atoms with van der Waals surface area (Å²) in [4.78, 5) is 14.6. The van der Waals surface area contributed by atoms with Crippen molar-refractivity contribution in [2.75, 3.05) is 4.72 Å². The maximum absolute atomic E-state index is 12.2. The molecule has 2 N–H and O–H groups in total. The summed E-state index contributed by atoms with van der Waals surface area (Å²) in [6.45, 7) is 0. The van der Waals surface area contributed by atoms with Crippen LogP contribution in [0.15, 0.2) is 46.0 Å². The Morgan fingerprint density at radius 1 is 1.29 bits per heavy atom. The van der Waals surface area contributed by atoms with Gasteiger partial charge in [0.2, 0.25) is 0 Å². The van der Waals surface area contributed by atoms with Gasteiger partial charge in [-0.25, -0.2) is 13.2 Å². The van der Waals surface area contributed by atoms with Crippen molar-refractivity contribution in [1.29, 1.82) is 0 Å². The van der Waals surface area contributed by atoms with Crippen LogP contribution >= 0.6 is 27.5 Å². The van der Waals surface area contributed by atoms with Gasteiger partial charge in [0.15, 0.2) is 0 Å². The third-order valence-corrected chi connectivity index (χ3v) is 4.54. The standard InChI is InChI=1S/C12H8BrClN2O4S/c13-7-3-9(6-15-5-7)21(19,20)16-8-1-2-10(12(17)18)11(14)4-8/h1-6,16H,(H,17,18). The quantitative estimate of drug-likeness (QED) is 0.835. The van der Waals surface area contributed by atoms with Crippen LogP contribution in [0.1, 0.15) is 10.4 Å². The average Bonchev–Trinajstić information content (AvgIpc) is 2.37. The molecule has 1 aromatic heterocycles. The number of rotatable bonds is 4. The molecule has 0 saturated carbocycles. The lowest BCUT2D eigenvalue weighted by atomic mass is 10.2. The molecule has 21 heavy (non-hydrogen) atoms. The van der Waals surface area contributed by atoms with Crippen molar-refractivity contribution < 1.29 is 18.3 Å². The Kier molecular flexibility index (Phi) is 4.50. The molecule has 0 aliphatic carbocycles. The van der Waals surface area contributed by atoms with E-state index in [4.69, 9.17) is 16.7 Å². The highest BCUT2D eigenvalue weighted by Gasteiger charge is 2.16. The van der Waals surface area contributed by atoms with Crippen LogP contribution in [0.4, 0.5) is 5.69 Å². The number of sulfonamides is 1. The Hall–Kier alpha value is -1.64. The van der Waals surface area contributed by atoms with Gasteiger partial charge >= 0.3 is 5.97 Å². The molecule has 0 atom stereocenters. The molecule has 0 unspecified atom stereocenters. The SMILES string of the molecule is O=C(O)c1ccc(NS(=O)(=O)c2cncc(Br)c2)cc1Cl. The van der Waals surface area contributed by atoms with Gasteiger partial charge in [-0.1, -0.05) is 11.6 Å². The van der Waals surface area contributed by atoms with Crippen molar-refractivity contribution in [3.05, 3.63) is 51.7 Å². The second kappa shape index (κ2) is 6.00. The van der Waals surface area contributed by atoms with Crippen LogP contribution in [0.3, 0.4) is 0 Å². The van der Waals surface area contributed by atoms with Gasteiger partial charge in [-0.3, -0.25) is 9.71 Å². The maximum atomic E-state index is 12.2. The van der Waals surface area contributed by atoms with Gasteiger partial charge in [0.05, 0.1) is 16.3 Å². The van der Waals surface area contributed by atoms with Crippen molar-refractivity contribution in [2.24, 2.45) is 0 Å². The Morgan fingerprint density at radius 3 is 2.57 bits per heavy atom. The molecule has 1 heterocycles. The number of halogens is 2. The molecule has 0 radical (unpaired) electrons. The van der Waals surface area contributed by atoms with E-state index in [0.29, 0.717) is 4.47 Å². The molecule has 2 rings (SSSR count). The minimum absolute atomic E-state index is 0.0321. The highest BCUT2D eigenvalue weighted by atomic mass is 79.9. The highest BCUT2D eigenvalue weighted by Crippen LogP contribution is 2.23. The van der Waals surface area contributed by atoms with E-state index in [9.17, 15) is 13.2 Å². The topological polar surface area (TPSA) is 96.4 Å². The van der Waals surface area contributed by atoms with Crippen LogP contribution < -0.4 is 4.72 Å². The molecule has 1 aromatic carbocycles. The Morgan fingerprint density at radius 2 is 2.00 bits per heavy atom. The van der Waals surface area contributed by atoms with Crippen LogP contribution in [0.5, 0.6) is 0 Å². The number of nitrogens with zero attached hydrogens (tertiary/aromatic N) is 1. The predicted octanol–water partition coefficient (Wildman–Crippen LogP) is 3.00. The summed E-state index contributed by atoms with van der Waals surface area (Å²) in [5.41, 5.74) is 0.0497. The third-order valence-electron chi connectivity index (χ3n) is 2.44. The summed E-state index contributed by atoms with van der Waals surface area (Å²) >= 11 is 8.92. The molecule has 2 aromatic rings. The average molecular weight is 392 g/mol. The number of hydrogen-bond acceptors (Lipinski definition) is 4. The second-order valence-corrected chi connectivity index (χ2v) is 6.95. The van der Waals surface area contributed by atoms with Gasteiger partial charge in [-0.05, 0) is 40.2 Å². The van der Waals surface area contributed by atoms with Crippen LogP contribution in [0, 0.1) is 0 Å². The number of aromatic carboxylic acids is 1. The molecule has 0 bridgehead atoms. The molecule has 0 aliphatic heterocycles. The zero-order valence-corrected chi connectivity index (χ0v) is 13.4. The lowest BCUT2D eigenvalue weighted by molar-refractivity contribution is 0.0697. The Labute approximate surface area is 134 Å². The van der Waals surface area contributed by atoms with Gasteiger partial charge in [0.25, 0.3) is 10.0 Å². The molecule has 0 fully saturated rings. The third kappa shape index (κ3) is 3.72. The van der Waals surface area contributed by atoms with Crippen LogP contribution in [-0.2, 0) is 10.0 Å². The molecule has 0 amide bonds. The minimum Gasteiger partial charge on any atom is -0.478 e. The zero-order chi connectivity index (χ0) is 15.6. The van der Waals surface area contributed by atoms with Gasteiger partial charge in [0, 0.05) is 16.9 Å². The lowest BCUT2D eigenvalue weighted by Crippen LogP contribution is -2.13. The highest BCUT2D eigenvalue weighted by molar-refractivity contribution is 9.10. The predicted molar refractivity (Wildman–Crippen MR) is 81.2 cm³/mol. The molecule has 6 nitrogen and oxygen atoms in total. The summed E-state index contributed by atoms with van der Waals surface area (Å²) in [6.07, 6.45) is 2.65. The van der Waals surface area contributed by atoms with Crippen molar-refractivity contribution in [2.45, 2.75) is 4.90 Å². The fourth-order valence-electron chi connectivity index (χ4n) is 1.51. The number of aromatic nitrogens is 1. The van der Waals surface area contributed by atoms with E-state index in [1.165, 1.54) is 36.7 Å². The molecule has 0 saturated heterocycles. The summed E-state index contributed by atoms with van der Waals surface area (Å²) in [5.74, 6) is -1.19. The number of carbonyl (C=O) groups is 1. The number of benzene rings is 1. The number of anilines is 1. The van der Waals surface area contributed by atoms with E-state index in [0.717, 1.165) is 0 Å². The van der Waals surface area contributed by atoms with Gasteiger partial charge in [-0.2, -0.15) is 0 Å². The van der Waals surface area contributed by atoms with Crippen LogP contribution in [0.25, 0.3) is 0 Å². The largest absolute Gasteiger partial charge is 0.478 e. The van der Waals surface area contributed by atoms with Crippen molar-refractivity contribution >= 4 is 49.2 Å². The first-order valence-electron chi connectivity index (χ1n) is 5.46. The Balaban J connectivity index is 2.33. The first kappa shape index (κ1) is 15.7. The van der Waals surface area contributed by atoms with Gasteiger partial charge < -0.3 is 5.11 Å². The van der Waals surface area contributed by atoms with Crippen molar-refractivity contribution in [3.63, 3.8) is 0 Å². The van der Waals surface area contributed by atoms with Crippen molar-refractivity contribution in [1.82, 2.24) is 4.98 Å². The smallest absolute Gasteiger partial charge is 0.337 e. The Bertz CT molecular complexity index is 811. The maximum Gasteiger partial charge on any atom is 0.337 e. The fourth-order valence-corrected chi connectivity index (χ4v) is 3.32. The zero-order valence-electron chi connectivity index (χ0n) is 10.2. The molecule has 110 valence electrons. The first-order chi connectivity index (χ1) is 9.79. The van der Waals surface area contributed by atoms with E-state index in [2.05, 4.69) is 25.6 Å². The first-order valence-corrected chi connectivity index (χ1v) is 8.11. The lowest BCUT2D eigenvalue weighted by Gasteiger charge is -2.09. The van der Waals surface area contributed by atoms with Gasteiger partial charge in [0.1, 0.15) is 4.90 Å². The summed E-state index contributed by atoms with van der Waals surface area (Å²) in [6, 6.07) is 5.16. The number of pyridine rings is 1. The fraction of sp³-hybridized carbons (Fsp3) is 0. The van der Waals surface area contributed by atoms with E-state index in [1.807, 2.05) is 0 Å². The van der Waals surface area contributed by atoms with Gasteiger partial charge in [-0.15, -0.1) is 0 Å². The molecule has 9 heteroatoms. The molecule has 0 aliphatic rings. The number of nitrogens with one attached hydrogen (secondary N) is 1. The molecular weight excluding hydrogens is 384 g/mol. The number of carboxylic acids is 1. The summed E-state index contributed by atoms with van der Waals surface area (Å²) < 4.78 is 27.1. The van der Waals surface area contributed by atoms with Crippen molar-refractivity contribution in [3.8, 4) is 0 Å². The molecular formula is C12H8BrClN2O4S. The molecule has 0 spiro atoms. The number of carboxylic acid groups (broad SMARTS) is 1. The van der Waals surface area contributed by atoms with E-state index in [-0.39, 0.29) is 21.2 Å². The summed E-state index contributed by atoms with van der Waals surface area (Å²) in [7, 11) is -3.83. The van der Waals surface area contributed by atoms with Crippen LogP contribution in [-0.4, -0.2) is 24.5 Å². The summed E-state index contributed by atoms with van der Waals surface area (Å²) in [5, 5.41) is 8.80. The minimum atomic E-state index is -3.83. The van der Waals surface area contributed by atoms with E-state index >= 15 is 0 Å². The normalized spacial score (nSPS) is 11.1. The van der Waals surface area contributed by atoms with E-state index in [1.54, 1.807) is 0 Å². The number of hydrogen-bond donors (Lipinski definition) is 2. The van der Waals surface area contributed by atoms with E-state index < -0.39 is 16.0 Å².